The molecule has 0 saturated heterocycles. The summed E-state index contributed by atoms with van der Waals surface area (Å²) in [6, 6.07) is 12.6. The third-order valence-electron chi connectivity index (χ3n) is 3.50. The molecule has 0 spiro atoms. The van der Waals surface area contributed by atoms with Crippen molar-refractivity contribution >= 4 is 22.4 Å². The van der Waals surface area contributed by atoms with Gasteiger partial charge in [0.15, 0.2) is 5.13 Å². The maximum atomic E-state index is 12.2. The van der Waals surface area contributed by atoms with Crippen LogP contribution in [0.15, 0.2) is 47.3 Å². The Bertz CT molecular complexity index is 912. The van der Waals surface area contributed by atoms with E-state index in [0.717, 1.165) is 20.8 Å². The van der Waals surface area contributed by atoms with Crippen LogP contribution < -0.4 is 10.9 Å². The molecule has 0 aliphatic rings. The molecule has 0 bridgehead atoms. The molecule has 0 unspecified atom stereocenters. The first-order chi connectivity index (χ1) is 11.5. The number of hydrogen-bond donors (Lipinski definition) is 1. The summed E-state index contributed by atoms with van der Waals surface area (Å²) in [6.45, 7) is 3.67. The second-order valence-corrected chi connectivity index (χ2v) is 6.49. The van der Waals surface area contributed by atoms with E-state index in [1.807, 2.05) is 44.2 Å². The van der Waals surface area contributed by atoms with Gasteiger partial charge in [-0.3, -0.25) is 9.59 Å². The number of thiazole rings is 1. The minimum Gasteiger partial charge on any atom is -0.300 e. The normalized spacial score (nSPS) is 10.6. The molecule has 1 amide bonds. The van der Waals surface area contributed by atoms with Gasteiger partial charge >= 0.3 is 0 Å². The molecule has 3 aromatic rings. The van der Waals surface area contributed by atoms with Crippen molar-refractivity contribution in [3.8, 4) is 11.3 Å². The lowest BCUT2D eigenvalue weighted by Crippen LogP contribution is -2.29. The van der Waals surface area contributed by atoms with E-state index in [1.165, 1.54) is 17.4 Å². The number of amides is 1. The Balaban J connectivity index is 1.79. The lowest BCUT2D eigenvalue weighted by atomic mass is 10.1. The molecule has 2 aromatic heterocycles. The van der Waals surface area contributed by atoms with Crippen LogP contribution in [0.1, 0.15) is 10.6 Å². The molecule has 1 aromatic carbocycles. The van der Waals surface area contributed by atoms with Gasteiger partial charge in [0, 0.05) is 16.5 Å². The zero-order valence-electron chi connectivity index (χ0n) is 13.3. The molecule has 2 heterocycles. The second-order valence-electron chi connectivity index (χ2n) is 5.29. The van der Waals surface area contributed by atoms with Crippen LogP contribution in [-0.4, -0.2) is 20.7 Å². The standard InChI is InChI=1S/C17H16N4O2S/c1-11-12(2)24-17(18-11)19-15(22)10-21-16(23)9-8-14(20-21)13-6-4-3-5-7-13/h3-9H,10H2,1-2H3,(H,18,19,22). The SMILES string of the molecule is Cc1nc(NC(=O)Cn2nc(-c3ccccc3)ccc2=O)sc1C. The van der Waals surface area contributed by atoms with E-state index >= 15 is 0 Å². The largest absolute Gasteiger partial charge is 0.300 e. The third kappa shape index (κ3) is 3.57. The van der Waals surface area contributed by atoms with Crippen molar-refractivity contribution in [3.63, 3.8) is 0 Å². The predicted octanol–water partition coefficient (Wildman–Crippen LogP) is 2.62. The molecule has 0 radical (unpaired) electrons. The Kier molecular flexibility index (Phi) is 4.52. The van der Waals surface area contributed by atoms with Crippen molar-refractivity contribution in [2.45, 2.75) is 20.4 Å². The van der Waals surface area contributed by atoms with Gasteiger partial charge < -0.3 is 5.32 Å². The molecule has 3 rings (SSSR count). The Morgan fingerprint density at radius 1 is 1.17 bits per heavy atom. The zero-order chi connectivity index (χ0) is 17.1. The fraction of sp³-hybridized carbons (Fsp3) is 0.176. The van der Waals surface area contributed by atoms with Crippen LogP contribution in [0.2, 0.25) is 0 Å². The molecular formula is C17H16N4O2S. The lowest BCUT2D eigenvalue weighted by molar-refractivity contribution is -0.117. The highest BCUT2D eigenvalue weighted by Crippen LogP contribution is 2.21. The molecule has 24 heavy (non-hydrogen) atoms. The van der Waals surface area contributed by atoms with Gasteiger partial charge in [0.2, 0.25) is 5.91 Å². The highest BCUT2D eigenvalue weighted by Gasteiger charge is 2.11. The van der Waals surface area contributed by atoms with E-state index in [9.17, 15) is 9.59 Å². The molecule has 0 saturated carbocycles. The van der Waals surface area contributed by atoms with Crippen LogP contribution in [0, 0.1) is 13.8 Å². The summed E-state index contributed by atoms with van der Waals surface area (Å²) in [5.41, 5.74) is 2.09. The molecule has 0 fully saturated rings. The van der Waals surface area contributed by atoms with Gasteiger partial charge in [-0.2, -0.15) is 5.10 Å². The monoisotopic (exact) mass is 340 g/mol. The fourth-order valence-corrected chi connectivity index (χ4v) is 2.98. The van der Waals surface area contributed by atoms with Crippen molar-refractivity contribution in [1.82, 2.24) is 14.8 Å². The number of benzene rings is 1. The molecule has 6 nitrogen and oxygen atoms in total. The Morgan fingerprint density at radius 3 is 2.58 bits per heavy atom. The smallest absolute Gasteiger partial charge is 0.267 e. The summed E-state index contributed by atoms with van der Waals surface area (Å²) in [6.07, 6.45) is 0. The van der Waals surface area contributed by atoms with Gasteiger partial charge in [-0.25, -0.2) is 9.67 Å². The predicted molar refractivity (Wildman–Crippen MR) is 94.2 cm³/mol. The number of rotatable bonds is 4. The minimum atomic E-state index is -0.330. The molecular weight excluding hydrogens is 324 g/mol. The van der Waals surface area contributed by atoms with E-state index in [1.54, 1.807) is 6.07 Å². The van der Waals surface area contributed by atoms with Crippen LogP contribution >= 0.6 is 11.3 Å². The summed E-state index contributed by atoms with van der Waals surface area (Å²) in [7, 11) is 0. The summed E-state index contributed by atoms with van der Waals surface area (Å²) in [5, 5.41) is 7.51. The van der Waals surface area contributed by atoms with Crippen molar-refractivity contribution in [3.05, 3.63) is 63.4 Å². The number of nitrogens with zero attached hydrogens (tertiary/aromatic N) is 3. The number of aromatic nitrogens is 3. The van der Waals surface area contributed by atoms with Crippen molar-refractivity contribution < 1.29 is 4.79 Å². The fourth-order valence-electron chi connectivity index (χ4n) is 2.15. The number of anilines is 1. The average molecular weight is 340 g/mol. The van der Waals surface area contributed by atoms with Gasteiger partial charge in [-0.05, 0) is 19.9 Å². The van der Waals surface area contributed by atoms with Crippen LogP contribution in [-0.2, 0) is 11.3 Å². The van der Waals surface area contributed by atoms with E-state index in [2.05, 4.69) is 15.4 Å². The number of hydrogen-bond acceptors (Lipinski definition) is 5. The van der Waals surface area contributed by atoms with Gasteiger partial charge in [0.1, 0.15) is 6.54 Å². The summed E-state index contributed by atoms with van der Waals surface area (Å²) < 4.78 is 1.16. The Morgan fingerprint density at radius 2 is 1.92 bits per heavy atom. The number of carbonyl (C=O) groups excluding carboxylic acids is 1. The number of aryl methyl sites for hydroxylation is 2. The van der Waals surface area contributed by atoms with Gasteiger partial charge in [-0.15, -0.1) is 11.3 Å². The zero-order valence-corrected chi connectivity index (χ0v) is 14.1. The average Bonchev–Trinajstić information content (AvgIpc) is 2.88. The second kappa shape index (κ2) is 6.76. The highest BCUT2D eigenvalue weighted by molar-refractivity contribution is 7.15. The van der Waals surface area contributed by atoms with Crippen molar-refractivity contribution in [2.75, 3.05) is 5.32 Å². The summed E-state index contributed by atoms with van der Waals surface area (Å²) in [4.78, 5) is 29.4. The quantitative estimate of drug-likeness (QED) is 0.792. The summed E-state index contributed by atoms with van der Waals surface area (Å²) in [5.74, 6) is -0.330. The van der Waals surface area contributed by atoms with Crippen LogP contribution in [0.25, 0.3) is 11.3 Å². The van der Waals surface area contributed by atoms with Crippen molar-refractivity contribution in [1.29, 1.82) is 0 Å². The topological polar surface area (TPSA) is 76.9 Å². The first kappa shape index (κ1) is 16.1. The number of carbonyl (C=O) groups is 1. The maximum Gasteiger partial charge on any atom is 0.267 e. The molecule has 0 aliphatic carbocycles. The molecule has 122 valence electrons. The van der Waals surface area contributed by atoms with E-state index in [0.29, 0.717) is 10.8 Å². The van der Waals surface area contributed by atoms with Crippen LogP contribution in [0.3, 0.4) is 0 Å². The van der Waals surface area contributed by atoms with E-state index in [-0.39, 0.29) is 18.0 Å². The van der Waals surface area contributed by atoms with Crippen molar-refractivity contribution in [2.24, 2.45) is 0 Å². The first-order valence-electron chi connectivity index (χ1n) is 7.40. The highest BCUT2D eigenvalue weighted by atomic mass is 32.1. The Hall–Kier alpha value is -2.80. The van der Waals surface area contributed by atoms with E-state index in [4.69, 9.17) is 0 Å². The third-order valence-corrected chi connectivity index (χ3v) is 4.49. The number of nitrogens with one attached hydrogen (secondary N) is 1. The van der Waals surface area contributed by atoms with Gasteiger partial charge in [0.05, 0.1) is 11.4 Å². The molecule has 1 N–H and O–H groups in total. The van der Waals surface area contributed by atoms with Gasteiger partial charge in [-0.1, -0.05) is 30.3 Å². The maximum absolute atomic E-state index is 12.2. The van der Waals surface area contributed by atoms with E-state index < -0.39 is 0 Å². The molecule has 0 aliphatic heterocycles. The minimum absolute atomic E-state index is 0.156. The summed E-state index contributed by atoms with van der Waals surface area (Å²) >= 11 is 1.41. The molecule has 7 heteroatoms. The van der Waals surface area contributed by atoms with Crippen LogP contribution in [0.4, 0.5) is 5.13 Å². The van der Waals surface area contributed by atoms with Crippen LogP contribution in [0.5, 0.6) is 0 Å². The molecule has 0 atom stereocenters. The first-order valence-corrected chi connectivity index (χ1v) is 8.22. The lowest BCUT2D eigenvalue weighted by Gasteiger charge is -2.07. The van der Waals surface area contributed by atoms with Gasteiger partial charge in [0.25, 0.3) is 5.56 Å². The Labute approximate surface area is 142 Å².